The van der Waals surface area contributed by atoms with E-state index >= 15 is 0 Å². The molecule has 1 aromatic carbocycles. The fraction of sp³-hybridized carbons (Fsp3) is 0.450. The number of benzene rings is 1. The summed E-state index contributed by atoms with van der Waals surface area (Å²) in [5.41, 5.74) is 8.52. The van der Waals surface area contributed by atoms with Crippen LogP contribution < -0.4 is 11.1 Å². The molecule has 1 heterocycles. The standard InChI is InChI=1S/C20H28N4O2S/c1-19(2,3)14-9-7-13(8-10-14)15-12-27-16(23-15)11-22-17(21)24-18(25)26-20(4,5)6/h7-10,12H,11H2,1-6H3,(H3,21,22,24,25). The van der Waals surface area contributed by atoms with Gasteiger partial charge in [0.15, 0.2) is 5.96 Å². The number of ether oxygens (including phenoxy) is 1. The van der Waals surface area contributed by atoms with Crippen LogP contribution in [0.25, 0.3) is 11.3 Å². The van der Waals surface area contributed by atoms with Crippen molar-refractivity contribution in [2.24, 2.45) is 10.7 Å². The van der Waals surface area contributed by atoms with Gasteiger partial charge in [0, 0.05) is 10.9 Å². The van der Waals surface area contributed by atoms with Crippen LogP contribution in [0, 0.1) is 0 Å². The molecule has 0 atom stereocenters. The van der Waals surface area contributed by atoms with Crippen LogP contribution in [-0.2, 0) is 16.7 Å². The molecule has 0 saturated carbocycles. The summed E-state index contributed by atoms with van der Waals surface area (Å²) < 4.78 is 5.13. The van der Waals surface area contributed by atoms with E-state index in [0.29, 0.717) is 6.54 Å². The van der Waals surface area contributed by atoms with E-state index in [1.54, 1.807) is 20.8 Å². The molecule has 7 heteroatoms. The largest absolute Gasteiger partial charge is 0.444 e. The van der Waals surface area contributed by atoms with E-state index in [1.807, 2.05) is 5.38 Å². The van der Waals surface area contributed by atoms with Gasteiger partial charge in [-0.25, -0.2) is 14.8 Å². The Bertz CT molecular complexity index is 812. The van der Waals surface area contributed by atoms with Crippen molar-refractivity contribution in [3.8, 4) is 11.3 Å². The van der Waals surface area contributed by atoms with Crippen LogP contribution in [0.2, 0.25) is 0 Å². The van der Waals surface area contributed by atoms with Crippen molar-refractivity contribution in [1.29, 1.82) is 0 Å². The molecule has 1 amide bonds. The number of amides is 1. The van der Waals surface area contributed by atoms with Crippen LogP contribution in [0.4, 0.5) is 4.79 Å². The molecule has 27 heavy (non-hydrogen) atoms. The molecular weight excluding hydrogens is 360 g/mol. The van der Waals surface area contributed by atoms with Gasteiger partial charge in [0.25, 0.3) is 0 Å². The summed E-state index contributed by atoms with van der Waals surface area (Å²) >= 11 is 1.51. The van der Waals surface area contributed by atoms with E-state index in [0.717, 1.165) is 16.3 Å². The number of aromatic nitrogens is 1. The van der Waals surface area contributed by atoms with E-state index in [-0.39, 0.29) is 11.4 Å². The monoisotopic (exact) mass is 388 g/mol. The zero-order valence-electron chi connectivity index (χ0n) is 16.8. The Labute approximate surface area is 164 Å². The molecule has 0 spiro atoms. The summed E-state index contributed by atoms with van der Waals surface area (Å²) in [6, 6.07) is 8.44. The third-order valence-electron chi connectivity index (χ3n) is 3.61. The summed E-state index contributed by atoms with van der Waals surface area (Å²) in [6.07, 6.45) is -0.623. The number of alkyl carbamates (subject to hydrolysis) is 1. The first-order valence-corrected chi connectivity index (χ1v) is 9.67. The first-order chi connectivity index (χ1) is 12.4. The number of carbonyl (C=O) groups is 1. The highest BCUT2D eigenvalue weighted by Crippen LogP contribution is 2.27. The lowest BCUT2D eigenvalue weighted by atomic mass is 9.86. The molecule has 3 N–H and O–H groups in total. The van der Waals surface area contributed by atoms with Gasteiger partial charge < -0.3 is 10.5 Å². The number of hydrogen-bond donors (Lipinski definition) is 2. The molecule has 0 aliphatic rings. The molecule has 2 aromatic rings. The fourth-order valence-electron chi connectivity index (χ4n) is 2.26. The predicted octanol–water partition coefficient (Wildman–Crippen LogP) is 4.45. The average molecular weight is 389 g/mol. The molecule has 0 fully saturated rings. The van der Waals surface area contributed by atoms with E-state index in [4.69, 9.17) is 10.5 Å². The third-order valence-corrected chi connectivity index (χ3v) is 4.45. The Morgan fingerprint density at radius 2 is 1.81 bits per heavy atom. The lowest BCUT2D eigenvalue weighted by Crippen LogP contribution is -2.40. The highest BCUT2D eigenvalue weighted by molar-refractivity contribution is 7.09. The van der Waals surface area contributed by atoms with Gasteiger partial charge in [-0.1, -0.05) is 45.0 Å². The van der Waals surface area contributed by atoms with Gasteiger partial charge in [-0.3, -0.25) is 5.32 Å². The number of nitrogens with one attached hydrogen (secondary N) is 1. The zero-order chi connectivity index (χ0) is 20.2. The van der Waals surface area contributed by atoms with E-state index in [2.05, 4.69) is 60.3 Å². The highest BCUT2D eigenvalue weighted by atomic mass is 32.1. The first-order valence-electron chi connectivity index (χ1n) is 8.79. The van der Waals surface area contributed by atoms with Gasteiger partial charge in [-0.05, 0) is 31.7 Å². The summed E-state index contributed by atoms with van der Waals surface area (Å²) in [4.78, 5) is 20.4. The SMILES string of the molecule is CC(C)(C)OC(=O)NC(N)=NCc1nc(-c2ccc(C(C)(C)C)cc2)cs1. The fourth-order valence-corrected chi connectivity index (χ4v) is 2.98. The maximum atomic E-state index is 11.7. The summed E-state index contributed by atoms with van der Waals surface area (Å²) in [7, 11) is 0. The zero-order valence-corrected chi connectivity index (χ0v) is 17.6. The number of rotatable bonds is 3. The van der Waals surface area contributed by atoms with Crippen molar-refractivity contribution in [2.75, 3.05) is 0 Å². The van der Waals surface area contributed by atoms with Crippen molar-refractivity contribution >= 4 is 23.4 Å². The van der Waals surface area contributed by atoms with Gasteiger partial charge in [0.1, 0.15) is 10.6 Å². The lowest BCUT2D eigenvalue weighted by molar-refractivity contribution is 0.0562. The van der Waals surface area contributed by atoms with Crippen LogP contribution >= 0.6 is 11.3 Å². The lowest BCUT2D eigenvalue weighted by Gasteiger charge is -2.19. The summed E-state index contributed by atoms with van der Waals surface area (Å²) in [5, 5.41) is 5.22. The molecule has 0 aliphatic carbocycles. The number of thiazole rings is 1. The van der Waals surface area contributed by atoms with Crippen LogP contribution in [-0.4, -0.2) is 22.6 Å². The van der Waals surface area contributed by atoms with Crippen molar-refractivity contribution in [3.05, 3.63) is 40.2 Å². The van der Waals surface area contributed by atoms with E-state index in [1.165, 1.54) is 16.9 Å². The van der Waals surface area contributed by atoms with E-state index < -0.39 is 11.7 Å². The second kappa shape index (κ2) is 8.08. The molecule has 0 radical (unpaired) electrons. The second-order valence-electron chi connectivity index (χ2n) is 8.28. The summed E-state index contributed by atoms with van der Waals surface area (Å²) in [6.45, 7) is 12.2. The molecule has 0 saturated heterocycles. The maximum absolute atomic E-state index is 11.7. The average Bonchev–Trinajstić information content (AvgIpc) is 2.99. The Kier molecular flexibility index (Phi) is 6.26. The second-order valence-corrected chi connectivity index (χ2v) is 9.22. The van der Waals surface area contributed by atoms with Gasteiger partial charge in [-0.15, -0.1) is 11.3 Å². The number of nitrogens with zero attached hydrogens (tertiary/aromatic N) is 2. The third kappa shape index (κ3) is 6.67. The molecular formula is C20H28N4O2S. The number of carbonyl (C=O) groups excluding carboxylic acids is 1. The topological polar surface area (TPSA) is 89.6 Å². The van der Waals surface area contributed by atoms with E-state index in [9.17, 15) is 4.79 Å². The maximum Gasteiger partial charge on any atom is 0.414 e. The molecule has 6 nitrogen and oxygen atoms in total. The first kappa shape index (κ1) is 20.9. The van der Waals surface area contributed by atoms with Crippen molar-refractivity contribution in [1.82, 2.24) is 10.3 Å². The number of guanidine groups is 1. The van der Waals surface area contributed by atoms with Crippen molar-refractivity contribution < 1.29 is 9.53 Å². The van der Waals surface area contributed by atoms with Gasteiger partial charge >= 0.3 is 6.09 Å². The minimum atomic E-state index is -0.623. The van der Waals surface area contributed by atoms with Gasteiger partial charge in [0.05, 0.1) is 12.2 Å². The van der Waals surface area contributed by atoms with Crippen LogP contribution in [0.1, 0.15) is 52.1 Å². The Morgan fingerprint density at radius 3 is 2.37 bits per heavy atom. The van der Waals surface area contributed by atoms with Crippen LogP contribution in [0.3, 0.4) is 0 Å². The number of aliphatic imine (C=N–C) groups is 1. The normalized spacial score (nSPS) is 12.7. The molecule has 146 valence electrons. The minimum absolute atomic E-state index is 0.00975. The summed E-state index contributed by atoms with van der Waals surface area (Å²) in [5.74, 6) is 0.00975. The van der Waals surface area contributed by atoms with Crippen LogP contribution in [0.15, 0.2) is 34.6 Å². The van der Waals surface area contributed by atoms with Crippen LogP contribution in [0.5, 0.6) is 0 Å². The molecule has 0 bridgehead atoms. The molecule has 0 unspecified atom stereocenters. The molecule has 0 aliphatic heterocycles. The highest BCUT2D eigenvalue weighted by Gasteiger charge is 2.17. The number of nitrogens with two attached hydrogens (primary N) is 1. The minimum Gasteiger partial charge on any atom is -0.444 e. The van der Waals surface area contributed by atoms with Crippen molar-refractivity contribution in [3.63, 3.8) is 0 Å². The number of hydrogen-bond acceptors (Lipinski definition) is 5. The quantitative estimate of drug-likeness (QED) is 0.600. The van der Waals surface area contributed by atoms with Gasteiger partial charge in [0.2, 0.25) is 0 Å². The molecule has 1 aromatic heterocycles. The Morgan fingerprint density at radius 1 is 1.19 bits per heavy atom. The van der Waals surface area contributed by atoms with Gasteiger partial charge in [-0.2, -0.15) is 0 Å². The predicted molar refractivity (Wildman–Crippen MR) is 111 cm³/mol. The Hall–Kier alpha value is -2.41. The Balaban J connectivity index is 1.98. The van der Waals surface area contributed by atoms with Crippen molar-refractivity contribution in [2.45, 2.75) is 59.1 Å². The smallest absolute Gasteiger partial charge is 0.414 e. The molecule has 2 rings (SSSR count).